The van der Waals surface area contributed by atoms with Crippen molar-refractivity contribution in [2.45, 2.75) is 32.6 Å². The number of rotatable bonds is 2. The van der Waals surface area contributed by atoms with Crippen molar-refractivity contribution >= 4 is 5.97 Å². The molecule has 5 nitrogen and oxygen atoms in total. The molecule has 1 unspecified atom stereocenters. The van der Waals surface area contributed by atoms with Crippen LogP contribution >= 0.6 is 0 Å². The summed E-state index contributed by atoms with van der Waals surface area (Å²) in [5.74, 6) is -0.797. The molecule has 2 rings (SSSR count). The van der Waals surface area contributed by atoms with Gasteiger partial charge in [-0.3, -0.25) is 4.79 Å². The first-order valence-corrected chi connectivity index (χ1v) is 6.10. The molecule has 1 aliphatic carbocycles. The maximum absolute atomic E-state index is 12.1. The van der Waals surface area contributed by atoms with Crippen molar-refractivity contribution in [2.24, 2.45) is 7.05 Å². The lowest BCUT2D eigenvalue weighted by Crippen LogP contribution is -2.28. The number of aromatic nitrogens is 1. The van der Waals surface area contributed by atoms with Gasteiger partial charge in [-0.1, -0.05) is 6.92 Å². The Bertz CT molecular complexity index is 559. The van der Waals surface area contributed by atoms with E-state index >= 15 is 0 Å². The average Bonchev–Trinajstić information content (AvgIpc) is 2.69. The van der Waals surface area contributed by atoms with Crippen molar-refractivity contribution in [1.82, 2.24) is 4.57 Å². The van der Waals surface area contributed by atoms with Crippen LogP contribution in [0, 0.1) is 0 Å². The maximum Gasteiger partial charge on any atom is 0.347 e. The van der Waals surface area contributed by atoms with Crippen LogP contribution in [0.4, 0.5) is 0 Å². The number of carbonyl (C=O) groups is 1. The highest BCUT2D eigenvalue weighted by atomic mass is 16.5. The highest BCUT2D eigenvalue weighted by Gasteiger charge is 2.31. The summed E-state index contributed by atoms with van der Waals surface area (Å²) < 4.78 is 6.28. The van der Waals surface area contributed by atoms with Crippen molar-refractivity contribution in [3.05, 3.63) is 27.2 Å². The number of ether oxygens (including phenoxy) is 1. The van der Waals surface area contributed by atoms with Crippen LogP contribution in [0.3, 0.4) is 0 Å². The van der Waals surface area contributed by atoms with E-state index in [1.165, 1.54) is 4.57 Å². The highest BCUT2D eigenvalue weighted by molar-refractivity contribution is 5.92. The Labute approximate surface area is 105 Å². The molecule has 0 aliphatic heterocycles. The molecule has 0 fully saturated rings. The van der Waals surface area contributed by atoms with Crippen LogP contribution in [0.5, 0.6) is 5.75 Å². The molecule has 0 aromatic carbocycles. The van der Waals surface area contributed by atoms with Crippen LogP contribution in [0.2, 0.25) is 0 Å². The predicted octanol–water partition coefficient (Wildman–Crippen LogP) is 1.32. The third-order valence-corrected chi connectivity index (χ3v) is 3.51. The summed E-state index contributed by atoms with van der Waals surface area (Å²) in [6, 6.07) is 0. The number of esters is 1. The van der Waals surface area contributed by atoms with Crippen molar-refractivity contribution in [3.63, 3.8) is 0 Å². The van der Waals surface area contributed by atoms with E-state index in [9.17, 15) is 14.7 Å². The molecule has 0 spiro atoms. The van der Waals surface area contributed by atoms with E-state index in [0.29, 0.717) is 5.56 Å². The first-order chi connectivity index (χ1) is 8.49. The Hall–Kier alpha value is -1.78. The van der Waals surface area contributed by atoms with E-state index in [1.54, 1.807) is 14.0 Å². The molecule has 1 N–H and O–H groups in total. The topological polar surface area (TPSA) is 68.5 Å². The fraction of sp³-hybridized carbons (Fsp3) is 0.538. The van der Waals surface area contributed by atoms with Crippen LogP contribution in [-0.2, 0) is 18.2 Å². The molecule has 5 heteroatoms. The fourth-order valence-corrected chi connectivity index (χ4v) is 2.55. The third-order valence-electron chi connectivity index (χ3n) is 3.51. The second-order valence-corrected chi connectivity index (χ2v) is 4.61. The summed E-state index contributed by atoms with van der Waals surface area (Å²) in [6.45, 7) is 3.81. The van der Waals surface area contributed by atoms with Gasteiger partial charge in [-0.15, -0.1) is 0 Å². The van der Waals surface area contributed by atoms with Gasteiger partial charge in [-0.2, -0.15) is 0 Å². The molecule has 0 saturated heterocycles. The lowest BCUT2D eigenvalue weighted by Gasteiger charge is -2.14. The van der Waals surface area contributed by atoms with Gasteiger partial charge in [0, 0.05) is 18.3 Å². The van der Waals surface area contributed by atoms with Crippen LogP contribution in [-0.4, -0.2) is 22.2 Å². The minimum absolute atomic E-state index is 0.153. The quantitative estimate of drug-likeness (QED) is 0.805. The second kappa shape index (κ2) is 4.48. The number of hydrogen-bond acceptors (Lipinski definition) is 4. The standard InChI is InChI=1S/C13H17NO4/c1-4-18-13(17)10-11(15)9-7(2)5-6-8(9)14(3)12(10)16/h7,15H,4-6H2,1-3H3. The van der Waals surface area contributed by atoms with Crippen LogP contribution in [0.25, 0.3) is 0 Å². The summed E-state index contributed by atoms with van der Waals surface area (Å²) in [4.78, 5) is 23.8. The zero-order valence-electron chi connectivity index (χ0n) is 10.8. The summed E-state index contributed by atoms with van der Waals surface area (Å²) in [6.07, 6.45) is 1.63. The smallest absolute Gasteiger partial charge is 0.347 e. The molecule has 1 aromatic heterocycles. The van der Waals surface area contributed by atoms with Gasteiger partial charge in [0.05, 0.1) is 6.61 Å². The van der Waals surface area contributed by atoms with Crippen LogP contribution in [0.1, 0.15) is 47.8 Å². The molecule has 0 radical (unpaired) electrons. The Balaban J connectivity index is 2.69. The maximum atomic E-state index is 12.1. The molecule has 1 heterocycles. The van der Waals surface area contributed by atoms with Gasteiger partial charge < -0.3 is 14.4 Å². The Kier molecular flexibility index (Phi) is 3.15. The molecular formula is C13H17NO4. The minimum Gasteiger partial charge on any atom is -0.506 e. The largest absolute Gasteiger partial charge is 0.506 e. The molecule has 98 valence electrons. The Morgan fingerprint density at radius 2 is 2.22 bits per heavy atom. The van der Waals surface area contributed by atoms with Gasteiger partial charge in [0.25, 0.3) is 5.56 Å². The summed E-state index contributed by atoms with van der Waals surface area (Å²) >= 11 is 0. The molecule has 1 aromatic rings. The number of nitrogens with zero attached hydrogens (tertiary/aromatic N) is 1. The van der Waals surface area contributed by atoms with E-state index in [4.69, 9.17) is 4.74 Å². The molecule has 1 atom stereocenters. The highest BCUT2D eigenvalue weighted by Crippen LogP contribution is 2.38. The number of pyridine rings is 1. The zero-order chi connectivity index (χ0) is 13.4. The number of aromatic hydroxyl groups is 1. The Morgan fingerprint density at radius 3 is 2.83 bits per heavy atom. The fourth-order valence-electron chi connectivity index (χ4n) is 2.55. The van der Waals surface area contributed by atoms with Crippen molar-refractivity contribution < 1.29 is 14.6 Å². The van der Waals surface area contributed by atoms with E-state index < -0.39 is 11.5 Å². The van der Waals surface area contributed by atoms with Gasteiger partial charge in [-0.05, 0) is 25.7 Å². The zero-order valence-corrected chi connectivity index (χ0v) is 10.8. The van der Waals surface area contributed by atoms with Crippen LogP contribution < -0.4 is 5.56 Å². The van der Waals surface area contributed by atoms with Crippen molar-refractivity contribution in [3.8, 4) is 5.75 Å². The summed E-state index contributed by atoms with van der Waals surface area (Å²) in [5, 5.41) is 10.2. The lowest BCUT2D eigenvalue weighted by atomic mass is 10.0. The van der Waals surface area contributed by atoms with Gasteiger partial charge in [-0.25, -0.2) is 4.79 Å². The van der Waals surface area contributed by atoms with E-state index in [0.717, 1.165) is 18.5 Å². The summed E-state index contributed by atoms with van der Waals surface area (Å²) in [7, 11) is 1.63. The molecule has 1 aliphatic rings. The number of hydrogen-bond donors (Lipinski definition) is 1. The SMILES string of the molecule is CCOC(=O)c1c(O)c2c(n(C)c1=O)CCC2C. The average molecular weight is 251 g/mol. The van der Waals surface area contributed by atoms with Gasteiger partial charge >= 0.3 is 5.97 Å². The summed E-state index contributed by atoms with van der Waals surface area (Å²) in [5.41, 5.74) is 0.795. The number of fused-ring (bicyclic) bond motifs is 1. The molecule has 0 saturated carbocycles. The van der Waals surface area contributed by atoms with E-state index in [1.807, 2.05) is 6.92 Å². The number of carbonyl (C=O) groups excluding carboxylic acids is 1. The predicted molar refractivity (Wildman–Crippen MR) is 66.0 cm³/mol. The first kappa shape index (κ1) is 12.7. The third kappa shape index (κ3) is 1.70. The molecule has 18 heavy (non-hydrogen) atoms. The lowest BCUT2D eigenvalue weighted by molar-refractivity contribution is 0.0520. The minimum atomic E-state index is -0.752. The van der Waals surface area contributed by atoms with E-state index in [2.05, 4.69) is 0 Å². The van der Waals surface area contributed by atoms with E-state index in [-0.39, 0.29) is 23.8 Å². The van der Waals surface area contributed by atoms with Crippen LogP contribution in [0.15, 0.2) is 4.79 Å². The van der Waals surface area contributed by atoms with Crippen molar-refractivity contribution in [2.75, 3.05) is 6.61 Å². The first-order valence-electron chi connectivity index (χ1n) is 6.10. The Morgan fingerprint density at radius 1 is 1.56 bits per heavy atom. The monoisotopic (exact) mass is 251 g/mol. The van der Waals surface area contributed by atoms with Gasteiger partial charge in [0.1, 0.15) is 5.75 Å². The molecular weight excluding hydrogens is 234 g/mol. The normalized spacial score (nSPS) is 17.6. The molecule has 0 amide bonds. The molecule has 0 bridgehead atoms. The van der Waals surface area contributed by atoms with Crippen molar-refractivity contribution in [1.29, 1.82) is 0 Å². The van der Waals surface area contributed by atoms with Gasteiger partial charge in [0.2, 0.25) is 0 Å². The second-order valence-electron chi connectivity index (χ2n) is 4.61. The van der Waals surface area contributed by atoms with Gasteiger partial charge in [0.15, 0.2) is 5.56 Å².